The smallest absolute Gasteiger partial charge is 0.128 e. The largest absolute Gasteiger partial charge is 0.207 e. The third-order valence-corrected chi connectivity index (χ3v) is 4.03. The van der Waals surface area contributed by atoms with Crippen LogP contribution in [0.5, 0.6) is 0 Å². The molecule has 0 radical (unpaired) electrons. The van der Waals surface area contributed by atoms with Gasteiger partial charge in [0, 0.05) is 10.6 Å². The summed E-state index contributed by atoms with van der Waals surface area (Å²) in [5, 5.41) is 2.01. The van der Waals surface area contributed by atoms with E-state index >= 15 is 0 Å². The lowest BCUT2D eigenvalue weighted by Gasteiger charge is -2.14. The SMILES string of the molecule is Fc1ccc(Cl)cc1C(Cl)c1cccc2ccccc12. The van der Waals surface area contributed by atoms with E-state index in [0.29, 0.717) is 10.6 Å². The second-order valence-corrected chi connectivity index (χ2v) is 5.47. The Morgan fingerprint density at radius 3 is 2.45 bits per heavy atom. The number of hydrogen-bond acceptors (Lipinski definition) is 0. The molecule has 3 rings (SSSR count). The van der Waals surface area contributed by atoms with Crippen molar-refractivity contribution in [1.82, 2.24) is 0 Å². The zero-order valence-electron chi connectivity index (χ0n) is 10.5. The van der Waals surface area contributed by atoms with Gasteiger partial charge >= 0.3 is 0 Å². The summed E-state index contributed by atoms with van der Waals surface area (Å²) in [6, 6.07) is 18.2. The van der Waals surface area contributed by atoms with Crippen LogP contribution in [0.15, 0.2) is 60.7 Å². The Kier molecular flexibility index (Phi) is 3.64. The number of hydrogen-bond donors (Lipinski definition) is 0. The van der Waals surface area contributed by atoms with Crippen molar-refractivity contribution in [3.63, 3.8) is 0 Å². The molecule has 0 aliphatic heterocycles. The molecular formula is C17H11Cl2F. The van der Waals surface area contributed by atoms with E-state index in [1.807, 2.05) is 42.5 Å². The highest BCUT2D eigenvalue weighted by atomic mass is 35.5. The quantitative estimate of drug-likeness (QED) is 0.512. The molecule has 3 aromatic carbocycles. The van der Waals surface area contributed by atoms with Crippen molar-refractivity contribution in [2.45, 2.75) is 5.38 Å². The van der Waals surface area contributed by atoms with Gasteiger partial charge in [0.25, 0.3) is 0 Å². The molecule has 100 valence electrons. The van der Waals surface area contributed by atoms with Gasteiger partial charge in [-0.05, 0) is 34.5 Å². The summed E-state index contributed by atoms with van der Waals surface area (Å²) < 4.78 is 14.0. The first-order chi connectivity index (χ1) is 9.66. The molecule has 0 bridgehead atoms. The van der Waals surface area contributed by atoms with Gasteiger partial charge in [-0.1, -0.05) is 54.1 Å². The van der Waals surface area contributed by atoms with Crippen LogP contribution in [0.2, 0.25) is 5.02 Å². The molecule has 3 heteroatoms. The normalized spacial score (nSPS) is 12.6. The molecule has 20 heavy (non-hydrogen) atoms. The van der Waals surface area contributed by atoms with Gasteiger partial charge in [-0.3, -0.25) is 0 Å². The predicted octanol–water partition coefficient (Wildman–Crippen LogP) is 5.96. The van der Waals surface area contributed by atoms with Crippen molar-refractivity contribution >= 4 is 34.0 Å². The van der Waals surface area contributed by atoms with Crippen LogP contribution in [0.3, 0.4) is 0 Å². The number of alkyl halides is 1. The van der Waals surface area contributed by atoms with E-state index in [2.05, 4.69) is 0 Å². The van der Waals surface area contributed by atoms with Crippen molar-refractivity contribution in [3.8, 4) is 0 Å². The van der Waals surface area contributed by atoms with E-state index in [1.165, 1.54) is 12.1 Å². The summed E-state index contributed by atoms with van der Waals surface area (Å²) in [7, 11) is 0. The van der Waals surface area contributed by atoms with Crippen LogP contribution < -0.4 is 0 Å². The molecule has 1 atom stereocenters. The molecule has 0 saturated carbocycles. The zero-order chi connectivity index (χ0) is 14.1. The molecule has 3 aromatic rings. The Morgan fingerprint density at radius 2 is 1.60 bits per heavy atom. The highest BCUT2D eigenvalue weighted by Crippen LogP contribution is 2.35. The fraction of sp³-hybridized carbons (Fsp3) is 0.0588. The summed E-state index contributed by atoms with van der Waals surface area (Å²) in [5.41, 5.74) is 1.28. The number of halogens is 3. The van der Waals surface area contributed by atoms with E-state index in [9.17, 15) is 4.39 Å². The van der Waals surface area contributed by atoms with Crippen LogP contribution >= 0.6 is 23.2 Å². The summed E-state index contributed by atoms with van der Waals surface area (Å²) in [4.78, 5) is 0. The number of fused-ring (bicyclic) bond motifs is 1. The lowest BCUT2D eigenvalue weighted by Crippen LogP contribution is -1.98. The predicted molar refractivity (Wildman–Crippen MR) is 83.1 cm³/mol. The van der Waals surface area contributed by atoms with Crippen LogP contribution in [-0.2, 0) is 0 Å². The van der Waals surface area contributed by atoms with Crippen molar-refractivity contribution in [3.05, 3.63) is 82.6 Å². The van der Waals surface area contributed by atoms with Gasteiger partial charge < -0.3 is 0 Å². The maximum Gasteiger partial charge on any atom is 0.128 e. The van der Waals surface area contributed by atoms with E-state index in [1.54, 1.807) is 6.07 Å². The molecule has 0 amide bonds. The molecule has 0 aliphatic carbocycles. The van der Waals surface area contributed by atoms with Gasteiger partial charge in [-0.15, -0.1) is 11.6 Å². The number of rotatable bonds is 2. The molecular weight excluding hydrogens is 294 g/mol. The third kappa shape index (κ3) is 2.39. The molecule has 0 N–H and O–H groups in total. The van der Waals surface area contributed by atoms with Gasteiger partial charge in [-0.2, -0.15) is 0 Å². The molecule has 0 aliphatic rings. The highest BCUT2D eigenvalue weighted by molar-refractivity contribution is 6.31. The molecule has 1 unspecified atom stereocenters. The molecule has 0 saturated heterocycles. The molecule has 0 fully saturated rings. The van der Waals surface area contributed by atoms with Gasteiger partial charge in [0.1, 0.15) is 5.82 Å². The van der Waals surface area contributed by atoms with Gasteiger partial charge in [-0.25, -0.2) is 4.39 Å². The lowest BCUT2D eigenvalue weighted by atomic mass is 9.98. The minimum absolute atomic E-state index is 0.345. The Balaban J connectivity index is 2.17. The van der Waals surface area contributed by atoms with Gasteiger partial charge in [0.2, 0.25) is 0 Å². The van der Waals surface area contributed by atoms with E-state index in [-0.39, 0.29) is 5.82 Å². The second-order valence-electron chi connectivity index (χ2n) is 4.60. The number of benzene rings is 3. The van der Waals surface area contributed by atoms with Crippen molar-refractivity contribution in [2.75, 3.05) is 0 Å². The van der Waals surface area contributed by atoms with E-state index in [0.717, 1.165) is 16.3 Å². The standard InChI is InChI=1S/C17H11Cl2F/c18-12-8-9-16(20)15(10-12)17(19)14-7-3-5-11-4-1-2-6-13(11)14/h1-10,17H. The van der Waals surface area contributed by atoms with Crippen LogP contribution in [0.1, 0.15) is 16.5 Å². The van der Waals surface area contributed by atoms with Crippen LogP contribution in [0, 0.1) is 5.82 Å². The average Bonchev–Trinajstić information content (AvgIpc) is 2.48. The Morgan fingerprint density at radius 1 is 0.850 bits per heavy atom. The molecule has 0 aromatic heterocycles. The molecule has 0 spiro atoms. The average molecular weight is 305 g/mol. The van der Waals surface area contributed by atoms with Crippen LogP contribution in [0.25, 0.3) is 10.8 Å². The van der Waals surface area contributed by atoms with E-state index in [4.69, 9.17) is 23.2 Å². The van der Waals surface area contributed by atoms with Crippen LogP contribution in [-0.4, -0.2) is 0 Å². The first-order valence-corrected chi connectivity index (χ1v) is 7.05. The molecule has 0 heterocycles. The maximum atomic E-state index is 14.0. The first kappa shape index (κ1) is 13.4. The lowest BCUT2D eigenvalue weighted by molar-refractivity contribution is 0.612. The Labute approximate surface area is 126 Å². The van der Waals surface area contributed by atoms with Gasteiger partial charge in [0.15, 0.2) is 0 Å². The third-order valence-electron chi connectivity index (χ3n) is 3.33. The van der Waals surface area contributed by atoms with E-state index < -0.39 is 5.38 Å². The second kappa shape index (κ2) is 5.43. The maximum absolute atomic E-state index is 14.0. The van der Waals surface area contributed by atoms with Crippen molar-refractivity contribution in [2.24, 2.45) is 0 Å². The van der Waals surface area contributed by atoms with Crippen molar-refractivity contribution < 1.29 is 4.39 Å². The monoisotopic (exact) mass is 304 g/mol. The Bertz CT molecular complexity index is 763. The topological polar surface area (TPSA) is 0 Å². The highest BCUT2D eigenvalue weighted by Gasteiger charge is 2.17. The molecule has 0 nitrogen and oxygen atoms in total. The summed E-state index contributed by atoms with van der Waals surface area (Å²) in [6.07, 6.45) is 0. The van der Waals surface area contributed by atoms with Crippen molar-refractivity contribution in [1.29, 1.82) is 0 Å². The Hall–Kier alpha value is -1.57. The summed E-state index contributed by atoms with van der Waals surface area (Å²) in [5.74, 6) is -0.345. The fourth-order valence-electron chi connectivity index (χ4n) is 2.35. The minimum Gasteiger partial charge on any atom is -0.207 e. The summed E-state index contributed by atoms with van der Waals surface area (Å²) >= 11 is 12.4. The first-order valence-electron chi connectivity index (χ1n) is 6.23. The fourth-order valence-corrected chi connectivity index (χ4v) is 2.89. The zero-order valence-corrected chi connectivity index (χ0v) is 12.0. The minimum atomic E-state index is -0.570. The summed E-state index contributed by atoms with van der Waals surface area (Å²) in [6.45, 7) is 0. The van der Waals surface area contributed by atoms with Crippen LogP contribution in [0.4, 0.5) is 4.39 Å². The van der Waals surface area contributed by atoms with Gasteiger partial charge in [0.05, 0.1) is 5.38 Å².